The standard InChI is InChI=1S/C17H31N/c1-13(17-12-15-7-8-16(17)11-15)18-10-9-14-5-3-2-4-6-14/h13-18H,2-12H2,1H3. The van der Waals surface area contributed by atoms with Gasteiger partial charge in [-0.05, 0) is 62.8 Å². The predicted octanol–water partition coefficient (Wildman–Crippen LogP) is 4.37. The molecule has 1 nitrogen and oxygen atoms in total. The Labute approximate surface area is 113 Å². The molecule has 3 fully saturated rings. The molecule has 104 valence electrons. The summed E-state index contributed by atoms with van der Waals surface area (Å²) in [5.74, 6) is 4.23. The van der Waals surface area contributed by atoms with Crippen LogP contribution in [0, 0.1) is 23.7 Å². The smallest absolute Gasteiger partial charge is 0.00697 e. The van der Waals surface area contributed by atoms with E-state index in [1.807, 2.05) is 0 Å². The molecule has 0 aliphatic heterocycles. The summed E-state index contributed by atoms with van der Waals surface area (Å²) in [7, 11) is 0. The Morgan fingerprint density at radius 1 is 1.00 bits per heavy atom. The van der Waals surface area contributed by atoms with Crippen LogP contribution in [-0.4, -0.2) is 12.6 Å². The van der Waals surface area contributed by atoms with E-state index in [0.717, 1.165) is 29.7 Å². The van der Waals surface area contributed by atoms with E-state index >= 15 is 0 Å². The summed E-state index contributed by atoms with van der Waals surface area (Å²) in [5, 5.41) is 3.86. The van der Waals surface area contributed by atoms with Gasteiger partial charge in [0.1, 0.15) is 0 Å². The average molecular weight is 249 g/mol. The number of hydrogen-bond acceptors (Lipinski definition) is 1. The van der Waals surface area contributed by atoms with Crippen molar-refractivity contribution in [3.05, 3.63) is 0 Å². The van der Waals surface area contributed by atoms with Crippen LogP contribution in [0.2, 0.25) is 0 Å². The van der Waals surface area contributed by atoms with Crippen LogP contribution >= 0.6 is 0 Å². The van der Waals surface area contributed by atoms with Gasteiger partial charge in [-0.3, -0.25) is 0 Å². The zero-order valence-electron chi connectivity index (χ0n) is 12.2. The molecule has 1 N–H and O–H groups in total. The van der Waals surface area contributed by atoms with E-state index in [1.54, 1.807) is 6.42 Å². The second-order valence-corrected chi connectivity index (χ2v) is 7.37. The fourth-order valence-electron chi connectivity index (χ4n) is 5.05. The molecule has 0 heterocycles. The highest BCUT2D eigenvalue weighted by molar-refractivity contribution is 4.94. The van der Waals surface area contributed by atoms with Crippen LogP contribution in [0.4, 0.5) is 0 Å². The van der Waals surface area contributed by atoms with E-state index in [4.69, 9.17) is 0 Å². The number of hydrogen-bond donors (Lipinski definition) is 1. The summed E-state index contributed by atoms with van der Waals surface area (Å²) in [6, 6.07) is 0.781. The lowest BCUT2D eigenvalue weighted by Crippen LogP contribution is -2.37. The third-order valence-electron chi connectivity index (χ3n) is 6.18. The SMILES string of the molecule is CC(NCCC1CCCCC1)C1CC2CCC1C2. The molecular formula is C17H31N. The van der Waals surface area contributed by atoms with E-state index in [-0.39, 0.29) is 0 Å². The van der Waals surface area contributed by atoms with Crippen LogP contribution in [0.1, 0.15) is 71.1 Å². The van der Waals surface area contributed by atoms with Crippen molar-refractivity contribution in [3.8, 4) is 0 Å². The third kappa shape index (κ3) is 2.92. The topological polar surface area (TPSA) is 12.0 Å². The molecule has 4 atom stereocenters. The molecule has 0 saturated heterocycles. The van der Waals surface area contributed by atoms with Crippen LogP contribution in [0.3, 0.4) is 0 Å². The molecule has 0 aromatic carbocycles. The van der Waals surface area contributed by atoms with Crippen molar-refractivity contribution < 1.29 is 0 Å². The largest absolute Gasteiger partial charge is 0.314 e. The van der Waals surface area contributed by atoms with Gasteiger partial charge in [0.05, 0.1) is 0 Å². The Morgan fingerprint density at radius 2 is 1.83 bits per heavy atom. The Morgan fingerprint density at radius 3 is 2.50 bits per heavy atom. The molecule has 4 unspecified atom stereocenters. The molecule has 0 aromatic rings. The molecule has 1 heteroatoms. The monoisotopic (exact) mass is 249 g/mol. The van der Waals surface area contributed by atoms with Crippen LogP contribution in [-0.2, 0) is 0 Å². The Balaban J connectivity index is 1.35. The van der Waals surface area contributed by atoms with Crippen molar-refractivity contribution in [1.29, 1.82) is 0 Å². The first-order chi connectivity index (χ1) is 8.83. The predicted molar refractivity (Wildman–Crippen MR) is 77.6 cm³/mol. The van der Waals surface area contributed by atoms with Crippen molar-refractivity contribution in [3.63, 3.8) is 0 Å². The summed E-state index contributed by atoms with van der Waals surface area (Å²) in [4.78, 5) is 0. The number of fused-ring (bicyclic) bond motifs is 2. The first-order valence-corrected chi connectivity index (χ1v) is 8.56. The zero-order valence-corrected chi connectivity index (χ0v) is 12.2. The van der Waals surface area contributed by atoms with Crippen LogP contribution in [0.15, 0.2) is 0 Å². The van der Waals surface area contributed by atoms with E-state index in [0.29, 0.717) is 0 Å². The molecule has 0 aromatic heterocycles. The van der Waals surface area contributed by atoms with Gasteiger partial charge in [-0.2, -0.15) is 0 Å². The molecule has 0 radical (unpaired) electrons. The second-order valence-electron chi connectivity index (χ2n) is 7.37. The average Bonchev–Trinajstić information content (AvgIpc) is 3.02. The summed E-state index contributed by atoms with van der Waals surface area (Å²) < 4.78 is 0. The van der Waals surface area contributed by atoms with Gasteiger partial charge in [-0.1, -0.05) is 38.5 Å². The van der Waals surface area contributed by atoms with Crippen LogP contribution in [0.25, 0.3) is 0 Å². The fraction of sp³-hybridized carbons (Fsp3) is 1.00. The van der Waals surface area contributed by atoms with Crippen molar-refractivity contribution >= 4 is 0 Å². The van der Waals surface area contributed by atoms with Gasteiger partial charge in [0.15, 0.2) is 0 Å². The van der Waals surface area contributed by atoms with E-state index < -0.39 is 0 Å². The lowest BCUT2D eigenvalue weighted by molar-refractivity contribution is 0.251. The van der Waals surface area contributed by atoms with E-state index in [1.165, 1.54) is 64.3 Å². The van der Waals surface area contributed by atoms with Gasteiger partial charge in [-0.25, -0.2) is 0 Å². The molecule has 3 aliphatic rings. The summed E-state index contributed by atoms with van der Waals surface area (Å²) >= 11 is 0. The molecule has 3 saturated carbocycles. The molecular weight excluding hydrogens is 218 g/mol. The number of rotatable bonds is 5. The van der Waals surface area contributed by atoms with Gasteiger partial charge in [0, 0.05) is 6.04 Å². The molecule has 0 spiro atoms. The summed E-state index contributed by atoms with van der Waals surface area (Å²) in [5.41, 5.74) is 0. The second kappa shape index (κ2) is 5.94. The van der Waals surface area contributed by atoms with Gasteiger partial charge < -0.3 is 5.32 Å². The fourth-order valence-corrected chi connectivity index (χ4v) is 5.05. The summed E-state index contributed by atoms with van der Waals surface area (Å²) in [6.07, 6.45) is 15.1. The minimum atomic E-state index is 0.781. The lowest BCUT2D eigenvalue weighted by Gasteiger charge is -2.29. The maximum absolute atomic E-state index is 3.86. The first kappa shape index (κ1) is 13.0. The van der Waals surface area contributed by atoms with Crippen molar-refractivity contribution in [1.82, 2.24) is 5.32 Å². The summed E-state index contributed by atoms with van der Waals surface area (Å²) in [6.45, 7) is 3.73. The Kier molecular flexibility index (Phi) is 4.28. The van der Waals surface area contributed by atoms with Crippen LogP contribution < -0.4 is 5.32 Å². The Hall–Kier alpha value is -0.0400. The van der Waals surface area contributed by atoms with Gasteiger partial charge in [0.2, 0.25) is 0 Å². The zero-order chi connectivity index (χ0) is 12.4. The van der Waals surface area contributed by atoms with Crippen LogP contribution in [0.5, 0.6) is 0 Å². The van der Waals surface area contributed by atoms with Gasteiger partial charge in [0.25, 0.3) is 0 Å². The highest BCUT2D eigenvalue weighted by atomic mass is 14.9. The third-order valence-corrected chi connectivity index (χ3v) is 6.18. The maximum atomic E-state index is 3.86. The van der Waals surface area contributed by atoms with Crippen molar-refractivity contribution in [2.24, 2.45) is 23.7 Å². The molecule has 18 heavy (non-hydrogen) atoms. The van der Waals surface area contributed by atoms with E-state index in [9.17, 15) is 0 Å². The van der Waals surface area contributed by atoms with Crippen molar-refractivity contribution in [2.75, 3.05) is 6.54 Å². The molecule has 3 rings (SSSR count). The van der Waals surface area contributed by atoms with Gasteiger partial charge in [-0.15, -0.1) is 0 Å². The maximum Gasteiger partial charge on any atom is 0.00697 e. The quantitative estimate of drug-likeness (QED) is 0.763. The highest BCUT2D eigenvalue weighted by Crippen LogP contribution is 2.49. The normalized spacial score (nSPS) is 38.2. The first-order valence-electron chi connectivity index (χ1n) is 8.56. The lowest BCUT2D eigenvalue weighted by atomic mass is 9.83. The number of nitrogens with one attached hydrogen (secondary N) is 1. The minimum Gasteiger partial charge on any atom is -0.314 e. The highest BCUT2D eigenvalue weighted by Gasteiger charge is 2.41. The minimum absolute atomic E-state index is 0.781. The Bertz CT molecular complexity index is 256. The van der Waals surface area contributed by atoms with Crippen molar-refractivity contribution in [2.45, 2.75) is 77.2 Å². The van der Waals surface area contributed by atoms with Gasteiger partial charge >= 0.3 is 0 Å². The van der Waals surface area contributed by atoms with E-state index in [2.05, 4.69) is 12.2 Å². The molecule has 3 aliphatic carbocycles. The molecule has 2 bridgehead atoms. The molecule has 0 amide bonds.